The van der Waals surface area contributed by atoms with E-state index in [2.05, 4.69) is 12.6 Å². The molecule has 2 rings (SSSR count). The molecule has 0 radical (unpaired) electrons. The number of likely N-dealkylation sites (tertiary alicyclic amines) is 1. The van der Waals surface area contributed by atoms with Gasteiger partial charge in [0, 0.05) is 23.0 Å². The van der Waals surface area contributed by atoms with Gasteiger partial charge in [0.15, 0.2) is 0 Å². The Labute approximate surface area is 122 Å². The number of hydrogen-bond donors (Lipinski definition) is 2. The number of thiol groups is 1. The molecule has 1 fully saturated rings. The first kappa shape index (κ1) is 14.8. The van der Waals surface area contributed by atoms with Crippen molar-refractivity contribution >= 4 is 24.4 Å². The van der Waals surface area contributed by atoms with Gasteiger partial charge >= 0.3 is 0 Å². The Kier molecular flexibility index (Phi) is 4.32. The van der Waals surface area contributed by atoms with Crippen LogP contribution in [0.25, 0.3) is 0 Å². The second kappa shape index (κ2) is 5.83. The molecule has 1 heterocycles. The summed E-state index contributed by atoms with van der Waals surface area (Å²) in [6.07, 6.45) is 1.43. The minimum atomic E-state index is -0.466. The van der Waals surface area contributed by atoms with Crippen LogP contribution in [0.15, 0.2) is 23.1 Å². The second-order valence-corrected chi connectivity index (χ2v) is 5.63. The Morgan fingerprint density at radius 1 is 1.40 bits per heavy atom. The van der Waals surface area contributed by atoms with Gasteiger partial charge in [0.2, 0.25) is 5.91 Å². The number of piperidine rings is 1. The van der Waals surface area contributed by atoms with Gasteiger partial charge in [0.25, 0.3) is 5.91 Å². The molecule has 0 bridgehead atoms. The van der Waals surface area contributed by atoms with Crippen molar-refractivity contribution < 1.29 is 14.0 Å². The van der Waals surface area contributed by atoms with E-state index in [4.69, 9.17) is 5.73 Å². The summed E-state index contributed by atoms with van der Waals surface area (Å²) in [4.78, 5) is 25.5. The van der Waals surface area contributed by atoms with Crippen LogP contribution in [0, 0.1) is 11.7 Å². The second-order valence-electron chi connectivity index (χ2n) is 5.15. The molecule has 2 unspecified atom stereocenters. The average molecular weight is 296 g/mol. The van der Waals surface area contributed by atoms with Crippen molar-refractivity contribution in [2.75, 3.05) is 6.54 Å². The van der Waals surface area contributed by atoms with E-state index in [9.17, 15) is 14.0 Å². The predicted octanol–water partition coefficient (Wildman–Crippen LogP) is 1.84. The van der Waals surface area contributed by atoms with Gasteiger partial charge in [-0.25, -0.2) is 4.39 Å². The molecule has 108 valence electrons. The van der Waals surface area contributed by atoms with Crippen molar-refractivity contribution in [3.63, 3.8) is 0 Å². The highest BCUT2D eigenvalue weighted by atomic mass is 32.1. The number of rotatable bonds is 2. The fourth-order valence-corrected chi connectivity index (χ4v) is 2.65. The Balaban J connectivity index is 2.21. The lowest BCUT2D eigenvalue weighted by Gasteiger charge is -2.37. The van der Waals surface area contributed by atoms with E-state index >= 15 is 0 Å². The number of carbonyl (C=O) groups excluding carboxylic acids is 2. The fraction of sp³-hybridized carbons (Fsp3) is 0.429. The maximum atomic E-state index is 13.2. The molecule has 2 atom stereocenters. The zero-order valence-corrected chi connectivity index (χ0v) is 12.1. The summed E-state index contributed by atoms with van der Waals surface area (Å²) < 4.78 is 13.2. The van der Waals surface area contributed by atoms with Gasteiger partial charge in [-0.3, -0.25) is 9.59 Å². The van der Waals surface area contributed by atoms with E-state index in [1.165, 1.54) is 18.2 Å². The summed E-state index contributed by atoms with van der Waals surface area (Å²) in [5.41, 5.74) is 5.69. The van der Waals surface area contributed by atoms with Crippen LogP contribution >= 0.6 is 12.6 Å². The van der Waals surface area contributed by atoms with Crippen molar-refractivity contribution in [2.45, 2.75) is 30.7 Å². The Hall–Kier alpha value is -1.56. The topological polar surface area (TPSA) is 63.4 Å². The van der Waals surface area contributed by atoms with Gasteiger partial charge < -0.3 is 10.6 Å². The van der Waals surface area contributed by atoms with Gasteiger partial charge in [0.1, 0.15) is 5.82 Å². The molecule has 0 aromatic heterocycles. The van der Waals surface area contributed by atoms with E-state index in [1.54, 1.807) is 4.90 Å². The molecule has 6 heteroatoms. The molecule has 1 saturated heterocycles. The summed E-state index contributed by atoms with van der Waals surface area (Å²) >= 11 is 3.98. The highest BCUT2D eigenvalue weighted by molar-refractivity contribution is 7.80. The quantitative estimate of drug-likeness (QED) is 0.818. The summed E-state index contributed by atoms with van der Waals surface area (Å²) in [6, 6.07) is 4.08. The standard InChI is InChI=1S/C14H17FN2O2S/c1-8-2-3-10(13(16)18)7-17(8)14(19)9-4-5-11(15)12(20)6-9/h4-6,8,10,20H,2-3,7H2,1H3,(H2,16,18). The number of carbonyl (C=O) groups is 2. The first-order chi connectivity index (χ1) is 9.40. The van der Waals surface area contributed by atoms with Crippen molar-refractivity contribution in [1.82, 2.24) is 4.90 Å². The zero-order valence-electron chi connectivity index (χ0n) is 11.2. The molecule has 1 aliphatic rings. The van der Waals surface area contributed by atoms with E-state index in [1.807, 2.05) is 6.92 Å². The van der Waals surface area contributed by atoms with Crippen LogP contribution in [-0.4, -0.2) is 29.3 Å². The third-order valence-electron chi connectivity index (χ3n) is 3.74. The third kappa shape index (κ3) is 2.95. The van der Waals surface area contributed by atoms with Gasteiger partial charge in [0.05, 0.1) is 5.92 Å². The van der Waals surface area contributed by atoms with Crippen LogP contribution in [0.5, 0.6) is 0 Å². The Morgan fingerprint density at radius 3 is 2.70 bits per heavy atom. The molecule has 1 aromatic rings. The number of halogens is 1. The highest BCUT2D eigenvalue weighted by Crippen LogP contribution is 2.24. The van der Waals surface area contributed by atoms with Crippen LogP contribution in [0.1, 0.15) is 30.1 Å². The van der Waals surface area contributed by atoms with Gasteiger partial charge in [-0.2, -0.15) is 0 Å². The highest BCUT2D eigenvalue weighted by Gasteiger charge is 2.32. The Morgan fingerprint density at radius 2 is 2.10 bits per heavy atom. The van der Waals surface area contributed by atoms with Crippen LogP contribution in [0.2, 0.25) is 0 Å². The molecule has 2 amide bonds. The molecule has 4 nitrogen and oxygen atoms in total. The lowest BCUT2D eigenvalue weighted by Crippen LogP contribution is -2.48. The minimum absolute atomic E-state index is 0.0338. The number of benzene rings is 1. The molecular weight excluding hydrogens is 279 g/mol. The van der Waals surface area contributed by atoms with E-state index in [-0.39, 0.29) is 28.7 Å². The largest absolute Gasteiger partial charge is 0.369 e. The molecule has 1 aliphatic heterocycles. The number of nitrogens with zero attached hydrogens (tertiary/aromatic N) is 1. The molecule has 2 N–H and O–H groups in total. The average Bonchev–Trinajstić information content (AvgIpc) is 2.41. The van der Waals surface area contributed by atoms with Gasteiger partial charge in [-0.15, -0.1) is 12.6 Å². The van der Waals surface area contributed by atoms with Crippen molar-refractivity contribution in [3.05, 3.63) is 29.6 Å². The number of primary amides is 1. The fourth-order valence-electron chi connectivity index (χ4n) is 2.43. The number of amides is 2. The molecule has 1 aromatic carbocycles. The lowest BCUT2D eigenvalue weighted by molar-refractivity contribution is -0.123. The summed E-state index contributed by atoms with van der Waals surface area (Å²) in [5.74, 6) is -1.39. The Bertz CT molecular complexity index is 550. The van der Waals surface area contributed by atoms with Gasteiger partial charge in [-0.1, -0.05) is 0 Å². The van der Waals surface area contributed by atoms with Crippen LogP contribution in [0.3, 0.4) is 0 Å². The SMILES string of the molecule is CC1CCC(C(N)=O)CN1C(=O)c1ccc(F)c(S)c1. The number of nitrogens with two attached hydrogens (primary N) is 1. The smallest absolute Gasteiger partial charge is 0.254 e. The van der Waals surface area contributed by atoms with Crippen LogP contribution in [0.4, 0.5) is 4.39 Å². The maximum absolute atomic E-state index is 13.2. The van der Waals surface area contributed by atoms with E-state index in [0.717, 1.165) is 6.42 Å². The summed E-state index contributed by atoms with van der Waals surface area (Å²) in [7, 11) is 0. The zero-order chi connectivity index (χ0) is 14.9. The molecule has 0 aliphatic carbocycles. The van der Waals surface area contributed by atoms with Crippen molar-refractivity contribution in [1.29, 1.82) is 0 Å². The first-order valence-electron chi connectivity index (χ1n) is 6.49. The van der Waals surface area contributed by atoms with Gasteiger partial charge in [-0.05, 0) is 38.0 Å². The molecule has 20 heavy (non-hydrogen) atoms. The van der Waals surface area contributed by atoms with Crippen LogP contribution < -0.4 is 5.73 Å². The van der Waals surface area contributed by atoms with Crippen molar-refractivity contribution in [3.8, 4) is 0 Å². The molecule has 0 spiro atoms. The van der Waals surface area contributed by atoms with E-state index < -0.39 is 5.82 Å². The first-order valence-corrected chi connectivity index (χ1v) is 6.93. The van der Waals surface area contributed by atoms with E-state index in [0.29, 0.717) is 18.5 Å². The van der Waals surface area contributed by atoms with Crippen molar-refractivity contribution in [2.24, 2.45) is 11.7 Å². The summed E-state index contributed by atoms with van der Waals surface area (Å²) in [5, 5.41) is 0. The normalized spacial score (nSPS) is 22.6. The third-order valence-corrected chi connectivity index (χ3v) is 4.08. The monoisotopic (exact) mass is 296 g/mol. The molecule has 0 saturated carbocycles. The minimum Gasteiger partial charge on any atom is -0.369 e. The lowest BCUT2D eigenvalue weighted by atomic mass is 9.92. The molecular formula is C14H17FN2O2S. The number of hydrogen-bond acceptors (Lipinski definition) is 3. The summed E-state index contributed by atoms with van der Waals surface area (Å²) in [6.45, 7) is 2.24. The van der Waals surface area contributed by atoms with Crippen LogP contribution in [-0.2, 0) is 4.79 Å². The predicted molar refractivity (Wildman–Crippen MR) is 76.1 cm³/mol. The maximum Gasteiger partial charge on any atom is 0.254 e.